The highest BCUT2D eigenvalue weighted by molar-refractivity contribution is 5.70. The van der Waals surface area contributed by atoms with E-state index in [2.05, 4.69) is 0 Å². The predicted molar refractivity (Wildman–Crippen MR) is 65.2 cm³/mol. The lowest BCUT2D eigenvalue weighted by atomic mass is 9.92. The lowest BCUT2D eigenvalue weighted by molar-refractivity contribution is -0.138. The van der Waals surface area contributed by atoms with Crippen LogP contribution in [0.1, 0.15) is 40.0 Å². The first-order valence-corrected chi connectivity index (χ1v) is 6.42. The third-order valence-electron chi connectivity index (χ3n) is 3.83. The molecule has 2 fully saturated rings. The van der Waals surface area contributed by atoms with Crippen molar-refractivity contribution < 1.29 is 19.4 Å². The number of rotatable bonds is 2. The van der Waals surface area contributed by atoms with Crippen molar-refractivity contribution in [1.29, 1.82) is 0 Å². The number of ether oxygens (including phenoxy) is 1. The fourth-order valence-electron chi connectivity index (χ4n) is 2.81. The number of hydrogen-bond acceptors (Lipinski definition) is 3. The van der Waals surface area contributed by atoms with E-state index in [9.17, 15) is 9.59 Å². The average Bonchev–Trinajstić information content (AvgIpc) is 2.85. The van der Waals surface area contributed by atoms with Crippen molar-refractivity contribution in [2.75, 3.05) is 13.1 Å². The molecule has 18 heavy (non-hydrogen) atoms. The Balaban J connectivity index is 1.88. The van der Waals surface area contributed by atoms with Gasteiger partial charge in [-0.25, -0.2) is 4.79 Å². The fraction of sp³-hybridized carbons (Fsp3) is 0.846. The smallest absolute Gasteiger partial charge is 0.410 e. The third-order valence-corrected chi connectivity index (χ3v) is 3.83. The summed E-state index contributed by atoms with van der Waals surface area (Å²) >= 11 is 0. The molecule has 1 aliphatic carbocycles. The van der Waals surface area contributed by atoms with Crippen molar-refractivity contribution in [3.63, 3.8) is 0 Å². The zero-order valence-electron chi connectivity index (χ0n) is 11.2. The molecule has 1 aliphatic heterocycles. The van der Waals surface area contributed by atoms with Gasteiger partial charge in [0.05, 0.1) is 6.42 Å². The van der Waals surface area contributed by atoms with Gasteiger partial charge >= 0.3 is 12.1 Å². The van der Waals surface area contributed by atoms with Gasteiger partial charge in [0.15, 0.2) is 0 Å². The van der Waals surface area contributed by atoms with Gasteiger partial charge in [0.2, 0.25) is 0 Å². The van der Waals surface area contributed by atoms with Crippen LogP contribution in [0.2, 0.25) is 0 Å². The van der Waals surface area contributed by atoms with Crippen LogP contribution in [0, 0.1) is 11.3 Å². The van der Waals surface area contributed by atoms with Crippen molar-refractivity contribution in [2.24, 2.45) is 11.3 Å². The van der Waals surface area contributed by atoms with Gasteiger partial charge in [-0.1, -0.05) is 0 Å². The normalized spacial score (nSPS) is 30.6. The lowest BCUT2D eigenvalue weighted by Gasteiger charge is -2.32. The summed E-state index contributed by atoms with van der Waals surface area (Å²) in [5.41, 5.74) is -0.513. The lowest BCUT2D eigenvalue weighted by Crippen LogP contribution is -2.42. The van der Waals surface area contributed by atoms with Crippen LogP contribution in [0.3, 0.4) is 0 Å². The maximum Gasteiger partial charge on any atom is 0.410 e. The Morgan fingerprint density at radius 3 is 2.61 bits per heavy atom. The second-order valence-corrected chi connectivity index (χ2v) is 6.51. The first-order valence-electron chi connectivity index (χ1n) is 6.42. The standard InChI is InChI=1S/C13H21NO4/c1-12(2,3)18-11(17)14-5-4-13(7-10(15)16)6-9(13)8-14/h9H,4-8H2,1-3H3,(H,15,16)/t9-,13-/m1/s1. The monoisotopic (exact) mass is 255 g/mol. The molecule has 0 aromatic carbocycles. The number of amides is 1. The Kier molecular flexibility index (Phi) is 3.03. The quantitative estimate of drug-likeness (QED) is 0.820. The van der Waals surface area contributed by atoms with Gasteiger partial charge < -0.3 is 14.7 Å². The van der Waals surface area contributed by atoms with E-state index in [0.29, 0.717) is 19.0 Å². The minimum atomic E-state index is -0.733. The number of carbonyl (C=O) groups is 2. The van der Waals surface area contributed by atoms with Crippen molar-refractivity contribution >= 4 is 12.1 Å². The van der Waals surface area contributed by atoms with Gasteiger partial charge in [0, 0.05) is 13.1 Å². The molecule has 5 heteroatoms. The van der Waals surface area contributed by atoms with Gasteiger partial charge in [-0.3, -0.25) is 4.79 Å². The van der Waals surface area contributed by atoms with Crippen molar-refractivity contribution in [2.45, 2.75) is 45.6 Å². The molecule has 102 valence electrons. The SMILES string of the molecule is CC(C)(C)OC(=O)N1CC[C@]2(CC(=O)O)C[C@@H]2C1. The van der Waals surface area contributed by atoms with Gasteiger partial charge in [-0.2, -0.15) is 0 Å². The number of piperidine rings is 1. The van der Waals surface area contributed by atoms with E-state index in [1.54, 1.807) is 4.90 Å². The van der Waals surface area contributed by atoms with Gasteiger partial charge in [-0.15, -0.1) is 0 Å². The molecule has 0 aromatic rings. The molecule has 1 saturated heterocycles. The predicted octanol–water partition coefficient (Wildman–Crippen LogP) is 2.11. The van der Waals surface area contributed by atoms with Crippen molar-refractivity contribution in [3.05, 3.63) is 0 Å². The maximum absolute atomic E-state index is 11.9. The maximum atomic E-state index is 11.9. The topological polar surface area (TPSA) is 66.8 Å². The number of hydrogen-bond donors (Lipinski definition) is 1. The molecule has 2 atom stereocenters. The van der Waals surface area contributed by atoms with E-state index in [-0.39, 0.29) is 17.9 Å². The summed E-state index contributed by atoms with van der Waals surface area (Å²) in [7, 11) is 0. The highest BCUT2D eigenvalue weighted by Crippen LogP contribution is 2.60. The minimum Gasteiger partial charge on any atom is -0.481 e. The van der Waals surface area contributed by atoms with Crippen molar-refractivity contribution in [3.8, 4) is 0 Å². The number of carbonyl (C=O) groups excluding carboxylic acids is 1. The van der Waals surface area contributed by atoms with Crippen LogP contribution in [0.4, 0.5) is 4.79 Å². The molecule has 5 nitrogen and oxygen atoms in total. The summed E-state index contributed by atoms with van der Waals surface area (Å²) in [5, 5.41) is 8.88. The highest BCUT2D eigenvalue weighted by Gasteiger charge is 2.58. The third kappa shape index (κ3) is 2.76. The zero-order valence-corrected chi connectivity index (χ0v) is 11.2. The first-order chi connectivity index (χ1) is 8.22. The van der Waals surface area contributed by atoms with Gasteiger partial charge in [-0.05, 0) is 44.9 Å². The van der Waals surface area contributed by atoms with Crippen LogP contribution in [0.15, 0.2) is 0 Å². The largest absolute Gasteiger partial charge is 0.481 e. The van der Waals surface area contributed by atoms with Crippen LogP contribution in [-0.4, -0.2) is 40.8 Å². The highest BCUT2D eigenvalue weighted by atomic mass is 16.6. The van der Waals surface area contributed by atoms with Crippen LogP contribution in [-0.2, 0) is 9.53 Å². The Bertz CT molecular complexity index is 374. The number of carboxylic acids is 1. The Hall–Kier alpha value is -1.26. The molecule has 2 aliphatic rings. The van der Waals surface area contributed by atoms with Crippen LogP contribution < -0.4 is 0 Å². The molecule has 0 bridgehead atoms. The molecule has 0 radical (unpaired) electrons. The summed E-state index contributed by atoms with van der Waals surface area (Å²) in [5.74, 6) is -0.391. The number of carboxylic acid groups (broad SMARTS) is 1. The van der Waals surface area contributed by atoms with Crippen LogP contribution in [0.25, 0.3) is 0 Å². The number of likely N-dealkylation sites (tertiary alicyclic amines) is 1. The summed E-state index contributed by atoms with van der Waals surface area (Å²) in [4.78, 5) is 24.4. The van der Waals surface area contributed by atoms with Gasteiger partial charge in [0.25, 0.3) is 0 Å². The molecular formula is C13H21NO4. The van der Waals surface area contributed by atoms with E-state index >= 15 is 0 Å². The summed E-state index contributed by atoms with van der Waals surface area (Å²) in [6.07, 6.45) is 1.67. The van der Waals surface area contributed by atoms with Crippen LogP contribution >= 0.6 is 0 Å². The molecule has 0 unspecified atom stereocenters. The molecule has 0 spiro atoms. The van der Waals surface area contributed by atoms with E-state index in [0.717, 1.165) is 12.8 Å². The zero-order chi connectivity index (χ0) is 13.6. The summed E-state index contributed by atoms with van der Waals surface area (Å²) < 4.78 is 5.33. The summed E-state index contributed by atoms with van der Waals surface area (Å²) in [6, 6.07) is 0. The van der Waals surface area contributed by atoms with Crippen molar-refractivity contribution in [1.82, 2.24) is 4.90 Å². The molecule has 1 saturated carbocycles. The number of nitrogens with zero attached hydrogens (tertiary/aromatic N) is 1. The summed E-state index contributed by atoms with van der Waals surface area (Å²) in [6.45, 7) is 6.79. The van der Waals surface area contributed by atoms with E-state index < -0.39 is 11.6 Å². The molecule has 0 aromatic heterocycles. The Morgan fingerprint density at radius 1 is 1.44 bits per heavy atom. The number of fused-ring (bicyclic) bond motifs is 1. The first kappa shape index (κ1) is 13.2. The van der Waals surface area contributed by atoms with Crippen LogP contribution in [0.5, 0.6) is 0 Å². The molecule has 1 amide bonds. The molecule has 2 rings (SSSR count). The average molecular weight is 255 g/mol. The molecule has 1 N–H and O–H groups in total. The van der Waals surface area contributed by atoms with E-state index in [4.69, 9.17) is 9.84 Å². The van der Waals surface area contributed by atoms with Gasteiger partial charge in [0.1, 0.15) is 5.60 Å². The van der Waals surface area contributed by atoms with E-state index in [1.165, 1.54) is 0 Å². The minimum absolute atomic E-state index is 0.0374. The fourth-order valence-corrected chi connectivity index (χ4v) is 2.81. The number of aliphatic carboxylic acids is 1. The second-order valence-electron chi connectivity index (χ2n) is 6.51. The molecular weight excluding hydrogens is 234 g/mol. The van der Waals surface area contributed by atoms with E-state index in [1.807, 2.05) is 20.8 Å². The second kappa shape index (κ2) is 4.14. The molecule has 1 heterocycles. The Morgan fingerprint density at radius 2 is 2.11 bits per heavy atom. The Labute approximate surface area is 107 Å².